The summed E-state index contributed by atoms with van der Waals surface area (Å²) in [5, 5.41) is 25.2. The van der Waals surface area contributed by atoms with Crippen LogP contribution in [0.5, 0.6) is 0 Å². The molecule has 0 aliphatic rings. The summed E-state index contributed by atoms with van der Waals surface area (Å²) in [6.45, 7) is 3.24. The summed E-state index contributed by atoms with van der Waals surface area (Å²) in [6, 6.07) is -5.37. The van der Waals surface area contributed by atoms with E-state index in [-0.39, 0.29) is 38.2 Å². The van der Waals surface area contributed by atoms with Gasteiger partial charge in [0.15, 0.2) is 5.96 Å². The molecular weight excluding hydrogens is 480 g/mol. The lowest BCUT2D eigenvalue weighted by Crippen LogP contribution is -2.57. The quantitative estimate of drug-likeness (QED) is 0.0514. The number of carbonyl (C=O) groups is 6. The summed E-state index contributed by atoms with van der Waals surface area (Å²) >= 11 is 0. The maximum atomic E-state index is 13.0. The molecule has 0 saturated carbocycles. The average molecular weight is 517 g/mol. The topological polar surface area (TPSA) is 295 Å². The van der Waals surface area contributed by atoms with Crippen molar-refractivity contribution in [3.05, 3.63) is 0 Å². The lowest BCUT2D eigenvalue weighted by molar-refractivity contribution is -0.143. The molecule has 0 fully saturated rings. The third kappa shape index (κ3) is 13.1. The molecule has 4 atom stereocenters. The zero-order valence-electron chi connectivity index (χ0n) is 20.2. The summed E-state index contributed by atoms with van der Waals surface area (Å²) < 4.78 is 0. The van der Waals surface area contributed by atoms with E-state index in [0.717, 1.165) is 0 Å². The molecule has 0 aliphatic heterocycles. The van der Waals surface area contributed by atoms with E-state index < -0.39 is 72.1 Å². The number of nitrogens with one attached hydrogen (secondary N) is 3. The Balaban J connectivity index is 5.69. The zero-order chi connectivity index (χ0) is 28.0. The van der Waals surface area contributed by atoms with Gasteiger partial charge in [-0.1, -0.05) is 13.8 Å². The van der Waals surface area contributed by atoms with Gasteiger partial charge in [-0.05, 0) is 25.2 Å². The molecule has 13 N–H and O–H groups in total. The Bertz CT molecular complexity index is 844. The predicted octanol–water partition coefficient (Wildman–Crippen LogP) is -3.70. The van der Waals surface area contributed by atoms with Crippen LogP contribution >= 0.6 is 0 Å². The summed E-state index contributed by atoms with van der Waals surface area (Å²) in [6.07, 6.45) is -1.06. The van der Waals surface area contributed by atoms with Crippen LogP contribution in [0.4, 0.5) is 0 Å². The number of nitrogens with two attached hydrogens (primary N) is 4. The minimum atomic E-state index is -1.45. The summed E-state index contributed by atoms with van der Waals surface area (Å²) in [4.78, 5) is 75.4. The van der Waals surface area contributed by atoms with E-state index in [4.69, 9.17) is 28.0 Å². The van der Waals surface area contributed by atoms with Gasteiger partial charge in [0.05, 0.1) is 12.5 Å². The highest BCUT2D eigenvalue weighted by Crippen LogP contribution is 2.07. The van der Waals surface area contributed by atoms with E-state index in [9.17, 15) is 33.9 Å². The maximum absolute atomic E-state index is 13.0. The number of carboxylic acids is 2. The first-order valence-corrected chi connectivity index (χ1v) is 11.1. The fourth-order valence-electron chi connectivity index (χ4n) is 2.93. The number of nitrogens with zero attached hydrogens (tertiary/aromatic N) is 1. The molecule has 0 saturated heterocycles. The van der Waals surface area contributed by atoms with Gasteiger partial charge in [0, 0.05) is 13.0 Å². The molecule has 16 nitrogen and oxygen atoms in total. The number of guanidine groups is 1. The summed E-state index contributed by atoms with van der Waals surface area (Å²) in [5.41, 5.74) is 21.2. The number of aliphatic carboxylic acids is 2. The van der Waals surface area contributed by atoms with E-state index in [1.165, 1.54) is 0 Å². The molecule has 0 radical (unpaired) electrons. The number of primary amides is 1. The molecule has 4 unspecified atom stereocenters. The van der Waals surface area contributed by atoms with Gasteiger partial charge < -0.3 is 49.1 Å². The van der Waals surface area contributed by atoms with E-state index in [1.54, 1.807) is 13.8 Å². The molecule has 16 heteroatoms. The minimum Gasteiger partial charge on any atom is -0.481 e. The van der Waals surface area contributed by atoms with Crippen molar-refractivity contribution in [1.29, 1.82) is 0 Å². The Morgan fingerprint density at radius 1 is 0.833 bits per heavy atom. The first kappa shape index (κ1) is 32.0. The fraction of sp³-hybridized carbons (Fsp3) is 0.650. The van der Waals surface area contributed by atoms with Crippen LogP contribution in [0.3, 0.4) is 0 Å². The molecular formula is C20H36N8O8. The van der Waals surface area contributed by atoms with Crippen LogP contribution < -0.4 is 38.9 Å². The zero-order valence-corrected chi connectivity index (χ0v) is 20.2. The van der Waals surface area contributed by atoms with Crippen molar-refractivity contribution in [3.63, 3.8) is 0 Å². The number of aliphatic imine (C=N–C) groups is 1. The van der Waals surface area contributed by atoms with Gasteiger partial charge in [0.1, 0.15) is 18.1 Å². The van der Waals surface area contributed by atoms with E-state index in [1.807, 2.05) is 0 Å². The van der Waals surface area contributed by atoms with Crippen LogP contribution in [0.2, 0.25) is 0 Å². The van der Waals surface area contributed by atoms with E-state index in [2.05, 4.69) is 20.9 Å². The smallest absolute Gasteiger partial charge is 0.326 e. The lowest BCUT2D eigenvalue weighted by Gasteiger charge is -2.25. The highest BCUT2D eigenvalue weighted by molar-refractivity contribution is 5.95. The predicted molar refractivity (Wildman–Crippen MR) is 127 cm³/mol. The third-order valence-corrected chi connectivity index (χ3v) is 4.85. The molecule has 4 amide bonds. The third-order valence-electron chi connectivity index (χ3n) is 4.85. The van der Waals surface area contributed by atoms with Gasteiger partial charge in [0.25, 0.3) is 0 Å². The molecule has 0 aromatic heterocycles. The van der Waals surface area contributed by atoms with Crippen molar-refractivity contribution < 1.29 is 39.0 Å². The Morgan fingerprint density at radius 2 is 1.36 bits per heavy atom. The van der Waals surface area contributed by atoms with Crippen LogP contribution in [-0.4, -0.2) is 82.5 Å². The van der Waals surface area contributed by atoms with Crippen molar-refractivity contribution in [1.82, 2.24) is 16.0 Å². The number of rotatable bonds is 17. The van der Waals surface area contributed by atoms with Crippen molar-refractivity contribution in [2.75, 3.05) is 6.54 Å². The fourth-order valence-corrected chi connectivity index (χ4v) is 2.93. The van der Waals surface area contributed by atoms with Gasteiger partial charge in [0.2, 0.25) is 23.6 Å². The minimum absolute atomic E-state index is 0.0257. The Morgan fingerprint density at radius 3 is 1.83 bits per heavy atom. The van der Waals surface area contributed by atoms with Gasteiger partial charge in [-0.15, -0.1) is 0 Å². The van der Waals surface area contributed by atoms with Crippen molar-refractivity contribution >= 4 is 41.5 Å². The van der Waals surface area contributed by atoms with Crippen molar-refractivity contribution in [2.45, 2.75) is 70.1 Å². The second-order valence-electron chi connectivity index (χ2n) is 8.35. The lowest BCUT2D eigenvalue weighted by atomic mass is 10.0. The molecule has 0 spiro atoms. The Labute approximate surface area is 207 Å². The van der Waals surface area contributed by atoms with Crippen LogP contribution in [0.15, 0.2) is 4.99 Å². The first-order valence-electron chi connectivity index (χ1n) is 11.1. The number of carboxylic acid groups (broad SMARTS) is 2. The number of hydrogen-bond acceptors (Lipinski definition) is 8. The molecule has 0 aromatic rings. The number of hydrogen-bond donors (Lipinski definition) is 9. The SMILES string of the molecule is CC(C)C(NC(=O)C(CCC(N)=O)NC(=O)C(CCCN=C(N)N)NC(=O)C(N)CC(=O)O)C(=O)O. The summed E-state index contributed by atoms with van der Waals surface area (Å²) in [5.74, 6) is -6.73. The first-order chi connectivity index (χ1) is 16.6. The maximum Gasteiger partial charge on any atom is 0.326 e. The monoisotopic (exact) mass is 516 g/mol. The highest BCUT2D eigenvalue weighted by Gasteiger charge is 2.31. The molecule has 0 bridgehead atoms. The van der Waals surface area contributed by atoms with Crippen LogP contribution in [0, 0.1) is 5.92 Å². The largest absolute Gasteiger partial charge is 0.481 e. The molecule has 36 heavy (non-hydrogen) atoms. The van der Waals surface area contributed by atoms with Gasteiger partial charge >= 0.3 is 11.9 Å². The Kier molecular flexibility index (Phi) is 14.1. The van der Waals surface area contributed by atoms with Crippen LogP contribution in [0.1, 0.15) is 46.0 Å². The van der Waals surface area contributed by atoms with Gasteiger partial charge in [-0.2, -0.15) is 0 Å². The van der Waals surface area contributed by atoms with Crippen LogP contribution in [-0.2, 0) is 28.8 Å². The molecule has 0 aliphatic carbocycles. The normalized spacial score (nSPS) is 14.0. The Hall–Kier alpha value is -3.95. The standard InChI is InChI=1S/C20H36N8O8/c1-9(2)15(19(35)36)28-18(34)12(5-6-13(22)29)27-17(33)11(4-3-7-25-20(23)24)26-16(32)10(21)8-14(30)31/h9-12,15H,3-8,21H2,1-2H3,(H2,22,29)(H,26,32)(H,27,33)(H,28,34)(H,30,31)(H,35,36)(H4,23,24,25). The molecule has 0 heterocycles. The number of carbonyl (C=O) groups excluding carboxylic acids is 4. The average Bonchev–Trinajstić information content (AvgIpc) is 2.75. The van der Waals surface area contributed by atoms with E-state index >= 15 is 0 Å². The van der Waals surface area contributed by atoms with Crippen molar-refractivity contribution in [3.8, 4) is 0 Å². The molecule has 0 aromatic carbocycles. The molecule has 204 valence electrons. The number of amides is 4. The second kappa shape index (κ2) is 15.9. The van der Waals surface area contributed by atoms with Crippen molar-refractivity contribution in [2.24, 2.45) is 33.8 Å². The van der Waals surface area contributed by atoms with Crippen LogP contribution in [0.25, 0.3) is 0 Å². The summed E-state index contributed by atoms with van der Waals surface area (Å²) in [7, 11) is 0. The second-order valence-corrected chi connectivity index (χ2v) is 8.35. The molecule has 0 rings (SSSR count). The van der Waals surface area contributed by atoms with Gasteiger partial charge in [-0.25, -0.2) is 4.79 Å². The van der Waals surface area contributed by atoms with Gasteiger partial charge in [-0.3, -0.25) is 29.0 Å². The highest BCUT2D eigenvalue weighted by atomic mass is 16.4. The van der Waals surface area contributed by atoms with E-state index in [0.29, 0.717) is 0 Å².